The summed E-state index contributed by atoms with van der Waals surface area (Å²) in [5, 5.41) is 20.6. The van der Waals surface area contributed by atoms with Crippen LogP contribution in [0, 0.1) is 0 Å². The lowest BCUT2D eigenvalue weighted by Crippen LogP contribution is -2.06. The Kier molecular flexibility index (Phi) is 4.72. The minimum atomic E-state index is -0.842. The molecular formula is C19H18O8. The van der Waals surface area contributed by atoms with Crippen LogP contribution in [0.25, 0.3) is 22.3 Å². The average Bonchev–Trinajstić information content (AvgIpc) is 2.69. The molecule has 0 atom stereocenters. The second kappa shape index (κ2) is 6.99. The molecular weight excluding hydrogens is 356 g/mol. The summed E-state index contributed by atoms with van der Waals surface area (Å²) >= 11 is 0. The number of rotatable bonds is 5. The lowest BCUT2D eigenvalue weighted by Gasteiger charge is -2.16. The van der Waals surface area contributed by atoms with Gasteiger partial charge in [-0.3, -0.25) is 4.79 Å². The Labute approximate surface area is 154 Å². The highest BCUT2D eigenvalue weighted by molar-refractivity contribution is 5.96. The van der Waals surface area contributed by atoms with E-state index in [-0.39, 0.29) is 34.0 Å². The molecule has 0 spiro atoms. The molecule has 1 heterocycles. The normalized spacial score (nSPS) is 10.7. The smallest absolute Gasteiger partial charge is 0.239 e. The first-order valence-electron chi connectivity index (χ1n) is 7.83. The summed E-state index contributed by atoms with van der Waals surface area (Å²) in [4.78, 5) is 12.8. The van der Waals surface area contributed by atoms with E-state index in [1.165, 1.54) is 28.4 Å². The standard InChI is InChI=1S/C19H18O8/c1-23-10-7-5-6-9(8-10)15-14(22)12(20)11-13(21)17(24-2)19(26-4)18(25-3)16(11)27-15/h5-8,21-22H,1-4H3. The largest absolute Gasteiger partial charge is 0.504 e. The molecule has 0 bridgehead atoms. The molecule has 0 saturated heterocycles. The highest BCUT2D eigenvalue weighted by Gasteiger charge is 2.28. The lowest BCUT2D eigenvalue weighted by molar-refractivity contribution is 0.311. The van der Waals surface area contributed by atoms with Gasteiger partial charge in [-0.25, -0.2) is 0 Å². The molecule has 0 aliphatic rings. The molecule has 0 saturated carbocycles. The molecule has 0 radical (unpaired) electrons. The Hall–Kier alpha value is -3.55. The SMILES string of the molecule is COc1cccc(-c2oc3c(OC)c(OC)c(OC)c(O)c3c(=O)c2O)c1. The lowest BCUT2D eigenvalue weighted by atomic mass is 10.1. The van der Waals surface area contributed by atoms with Gasteiger partial charge in [0.2, 0.25) is 28.4 Å². The first-order chi connectivity index (χ1) is 13.0. The summed E-state index contributed by atoms with van der Waals surface area (Å²) < 4.78 is 26.6. The zero-order valence-corrected chi connectivity index (χ0v) is 15.2. The van der Waals surface area contributed by atoms with Crippen LogP contribution in [0.1, 0.15) is 0 Å². The van der Waals surface area contributed by atoms with Crippen molar-refractivity contribution in [3.05, 3.63) is 34.5 Å². The fourth-order valence-corrected chi connectivity index (χ4v) is 2.85. The molecule has 142 valence electrons. The predicted molar refractivity (Wildman–Crippen MR) is 97.5 cm³/mol. The van der Waals surface area contributed by atoms with Crippen molar-refractivity contribution in [2.45, 2.75) is 0 Å². The summed E-state index contributed by atoms with van der Waals surface area (Å²) in [6.45, 7) is 0. The maximum absolute atomic E-state index is 12.8. The minimum absolute atomic E-state index is 0.0448. The topological polar surface area (TPSA) is 108 Å². The van der Waals surface area contributed by atoms with E-state index in [9.17, 15) is 15.0 Å². The Morgan fingerprint density at radius 2 is 1.52 bits per heavy atom. The third kappa shape index (κ3) is 2.75. The second-order valence-corrected chi connectivity index (χ2v) is 5.49. The van der Waals surface area contributed by atoms with Gasteiger partial charge in [0.15, 0.2) is 17.1 Å². The van der Waals surface area contributed by atoms with Crippen molar-refractivity contribution in [3.63, 3.8) is 0 Å². The van der Waals surface area contributed by atoms with E-state index in [1.807, 2.05) is 0 Å². The molecule has 0 amide bonds. The summed E-state index contributed by atoms with van der Waals surface area (Å²) in [6, 6.07) is 6.62. The van der Waals surface area contributed by atoms with Crippen molar-refractivity contribution in [1.29, 1.82) is 0 Å². The van der Waals surface area contributed by atoms with E-state index in [0.717, 1.165) is 0 Å². The van der Waals surface area contributed by atoms with Crippen molar-refractivity contribution >= 4 is 11.0 Å². The molecule has 3 aromatic rings. The van der Waals surface area contributed by atoms with Gasteiger partial charge in [-0.15, -0.1) is 0 Å². The maximum Gasteiger partial charge on any atom is 0.239 e. The molecule has 2 N–H and O–H groups in total. The van der Waals surface area contributed by atoms with Crippen LogP contribution in [-0.4, -0.2) is 38.7 Å². The van der Waals surface area contributed by atoms with Gasteiger partial charge >= 0.3 is 0 Å². The van der Waals surface area contributed by atoms with Crippen LogP contribution in [-0.2, 0) is 0 Å². The van der Waals surface area contributed by atoms with Crippen LogP contribution >= 0.6 is 0 Å². The van der Waals surface area contributed by atoms with Gasteiger partial charge < -0.3 is 33.6 Å². The van der Waals surface area contributed by atoms with Gasteiger partial charge in [0.1, 0.15) is 11.1 Å². The number of hydrogen-bond donors (Lipinski definition) is 2. The second-order valence-electron chi connectivity index (χ2n) is 5.49. The van der Waals surface area contributed by atoms with Crippen LogP contribution in [0.5, 0.6) is 34.5 Å². The number of fused-ring (bicyclic) bond motifs is 1. The van der Waals surface area contributed by atoms with Gasteiger partial charge in [-0.2, -0.15) is 0 Å². The summed E-state index contributed by atoms with van der Waals surface area (Å²) in [7, 11) is 5.50. The zero-order valence-electron chi connectivity index (χ0n) is 15.2. The third-order valence-electron chi connectivity index (χ3n) is 4.10. The minimum Gasteiger partial charge on any atom is -0.504 e. The quantitative estimate of drug-likeness (QED) is 0.702. The van der Waals surface area contributed by atoms with Crippen LogP contribution in [0.2, 0.25) is 0 Å². The molecule has 0 aliphatic heterocycles. The Morgan fingerprint density at radius 3 is 2.11 bits per heavy atom. The van der Waals surface area contributed by atoms with Crippen LogP contribution in [0.4, 0.5) is 0 Å². The molecule has 8 heteroatoms. The number of ether oxygens (including phenoxy) is 4. The molecule has 2 aromatic carbocycles. The van der Waals surface area contributed by atoms with Crippen LogP contribution in [0.15, 0.2) is 33.5 Å². The first kappa shape index (κ1) is 18.2. The predicted octanol–water partition coefficient (Wildman–Crippen LogP) is 2.91. The van der Waals surface area contributed by atoms with Gasteiger partial charge in [0.25, 0.3) is 0 Å². The number of benzene rings is 2. The molecule has 1 aromatic heterocycles. The van der Waals surface area contributed by atoms with Crippen LogP contribution in [0.3, 0.4) is 0 Å². The number of phenols is 1. The van der Waals surface area contributed by atoms with E-state index in [4.69, 9.17) is 23.4 Å². The summed E-state index contributed by atoms with van der Waals surface area (Å²) in [6.07, 6.45) is 0. The van der Waals surface area contributed by atoms with E-state index in [1.54, 1.807) is 24.3 Å². The highest BCUT2D eigenvalue weighted by Crippen LogP contribution is 2.50. The fourth-order valence-electron chi connectivity index (χ4n) is 2.85. The van der Waals surface area contributed by atoms with E-state index >= 15 is 0 Å². The molecule has 0 unspecified atom stereocenters. The highest BCUT2D eigenvalue weighted by atomic mass is 16.5. The van der Waals surface area contributed by atoms with Crippen molar-refractivity contribution in [2.75, 3.05) is 28.4 Å². The maximum atomic E-state index is 12.8. The van der Waals surface area contributed by atoms with Gasteiger partial charge in [-0.1, -0.05) is 12.1 Å². The number of methoxy groups -OCH3 is 4. The van der Waals surface area contributed by atoms with Crippen molar-refractivity contribution < 1.29 is 33.6 Å². The van der Waals surface area contributed by atoms with Gasteiger partial charge in [-0.05, 0) is 12.1 Å². The van der Waals surface area contributed by atoms with Gasteiger partial charge in [0, 0.05) is 5.56 Å². The summed E-state index contributed by atoms with van der Waals surface area (Å²) in [5.74, 6) is -0.790. The molecule has 27 heavy (non-hydrogen) atoms. The molecule has 0 fully saturated rings. The van der Waals surface area contributed by atoms with Crippen molar-refractivity contribution in [2.24, 2.45) is 0 Å². The molecule has 0 aliphatic carbocycles. The monoisotopic (exact) mass is 374 g/mol. The van der Waals surface area contributed by atoms with Crippen LogP contribution < -0.4 is 24.4 Å². The zero-order chi connectivity index (χ0) is 19.7. The number of aromatic hydroxyl groups is 2. The fraction of sp³-hybridized carbons (Fsp3) is 0.211. The third-order valence-corrected chi connectivity index (χ3v) is 4.10. The van der Waals surface area contributed by atoms with E-state index in [0.29, 0.717) is 11.3 Å². The van der Waals surface area contributed by atoms with Gasteiger partial charge in [0.05, 0.1) is 28.4 Å². The van der Waals surface area contributed by atoms with E-state index in [2.05, 4.69) is 0 Å². The molecule has 3 rings (SSSR count). The Balaban J connectivity index is 2.47. The Bertz CT molecular complexity index is 1070. The van der Waals surface area contributed by atoms with Crippen molar-refractivity contribution in [3.8, 4) is 45.8 Å². The average molecular weight is 374 g/mol. The Morgan fingerprint density at radius 1 is 0.852 bits per heavy atom. The van der Waals surface area contributed by atoms with Crippen molar-refractivity contribution in [1.82, 2.24) is 0 Å². The molecule has 8 nitrogen and oxygen atoms in total. The van der Waals surface area contributed by atoms with E-state index < -0.39 is 16.9 Å². The summed E-state index contributed by atoms with van der Waals surface area (Å²) in [5.41, 5.74) is -0.527. The first-order valence-corrected chi connectivity index (χ1v) is 7.83. The number of phenolic OH excluding ortho intramolecular Hbond substituents is 1. The number of hydrogen-bond acceptors (Lipinski definition) is 8.